The summed E-state index contributed by atoms with van der Waals surface area (Å²) in [5.74, 6) is 0.538. The first-order valence-corrected chi connectivity index (χ1v) is 9.33. The molecule has 2 aliphatic rings. The zero-order chi connectivity index (χ0) is 17.8. The van der Waals surface area contributed by atoms with Crippen molar-refractivity contribution in [3.8, 4) is 5.75 Å². The van der Waals surface area contributed by atoms with Crippen molar-refractivity contribution in [3.63, 3.8) is 0 Å². The van der Waals surface area contributed by atoms with Gasteiger partial charge in [-0.3, -0.25) is 9.69 Å². The number of phenolic OH excluding ortho intramolecular Hbond substituents is 1. The van der Waals surface area contributed by atoms with Gasteiger partial charge >= 0.3 is 0 Å². The van der Waals surface area contributed by atoms with Crippen LogP contribution in [0.25, 0.3) is 0 Å². The summed E-state index contributed by atoms with van der Waals surface area (Å²) in [4.78, 5) is 19.3. The van der Waals surface area contributed by atoms with Crippen LogP contribution in [0.15, 0.2) is 24.3 Å². The first-order valence-electron chi connectivity index (χ1n) is 9.33. The summed E-state index contributed by atoms with van der Waals surface area (Å²) >= 11 is 0. The number of nitrogens with zero attached hydrogens (tertiary/aromatic N) is 3. The Bertz CT molecular complexity index is 593. The Morgan fingerprint density at radius 1 is 1.19 bits per heavy atom. The summed E-state index contributed by atoms with van der Waals surface area (Å²) in [6, 6.07) is 7.83. The van der Waals surface area contributed by atoms with Crippen LogP contribution >= 0.6 is 12.4 Å². The maximum atomic E-state index is 12.9. The number of aromatic hydroxyl groups is 1. The fraction of sp³-hybridized carbons (Fsp3) is 0.632. The Hall–Kier alpha value is -1.50. The fourth-order valence-corrected chi connectivity index (χ4v) is 3.91. The van der Waals surface area contributed by atoms with Crippen LogP contribution in [0.5, 0.6) is 5.75 Å². The highest BCUT2D eigenvalue weighted by Crippen LogP contribution is 2.27. The molecule has 2 saturated heterocycles. The van der Waals surface area contributed by atoms with E-state index in [0.29, 0.717) is 24.9 Å². The molecule has 6 nitrogen and oxygen atoms in total. The molecule has 1 aromatic rings. The van der Waals surface area contributed by atoms with E-state index in [1.54, 1.807) is 6.07 Å². The summed E-state index contributed by atoms with van der Waals surface area (Å²) in [5, 5.41) is 13.3. The van der Waals surface area contributed by atoms with Crippen molar-refractivity contribution in [1.82, 2.24) is 15.1 Å². The third-order valence-electron chi connectivity index (χ3n) is 5.58. The van der Waals surface area contributed by atoms with Crippen molar-refractivity contribution in [2.45, 2.75) is 31.8 Å². The number of benzene rings is 1. The summed E-state index contributed by atoms with van der Waals surface area (Å²) in [5.41, 5.74) is 0.857. The van der Waals surface area contributed by atoms with Crippen molar-refractivity contribution < 1.29 is 9.90 Å². The van der Waals surface area contributed by atoms with E-state index in [1.165, 1.54) is 6.42 Å². The van der Waals surface area contributed by atoms with E-state index < -0.39 is 0 Å². The van der Waals surface area contributed by atoms with Crippen molar-refractivity contribution >= 4 is 24.0 Å². The molecule has 0 bridgehead atoms. The van der Waals surface area contributed by atoms with Crippen molar-refractivity contribution in [3.05, 3.63) is 24.3 Å². The minimum absolute atomic E-state index is 0. The van der Waals surface area contributed by atoms with E-state index >= 15 is 0 Å². The van der Waals surface area contributed by atoms with E-state index in [2.05, 4.69) is 15.1 Å². The normalized spacial score (nSPS) is 22.6. The average molecular weight is 383 g/mol. The molecule has 0 saturated carbocycles. The maximum absolute atomic E-state index is 12.9. The number of hydrogen-bond donors (Lipinski definition) is 2. The largest absolute Gasteiger partial charge is 0.506 e. The molecule has 2 fully saturated rings. The lowest BCUT2D eigenvalue weighted by Gasteiger charge is -2.41. The number of phenols is 1. The van der Waals surface area contributed by atoms with Crippen LogP contribution in [0.2, 0.25) is 0 Å². The lowest BCUT2D eigenvalue weighted by atomic mass is 10.0. The Kier molecular flexibility index (Phi) is 7.55. The van der Waals surface area contributed by atoms with Gasteiger partial charge in [-0.25, -0.2) is 0 Å². The van der Waals surface area contributed by atoms with Gasteiger partial charge in [-0.15, -0.1) is 12.4 Å². The summed E-state index contributed by atoms with van der Waals surface area (Å²) in [7, 11) is 2.00. The molecule has 146 valence electrons. The van der Waals surface area contributed by atoms with Gasteiger partial charge in [0.2, 0.25) is 5.91 Å². The fourth-order valence-electron chi connectivity index (χ4n) is 3.91. The second-order valence-corrected chi connectivity index (χ2v) is 7.10. The number of likely N-dealkylation sites (N-methyl/N-ethyl adjacent to an activating group) is 1. The zero-order valence-electron chi connectivity index (χ0n) is 15.7. The van der Waals surface area contributed by atoms with E-state index in [9.17, 15) is 9.90 Å². The van der Waals surface area contributed by atoms with Gasteiger partial charge in [0.1, 0.15) is 5.75 Å². The number of halogens is 1. The monoisotopic (exact) mass is 382 g/mol. The Morgan fingerprint density at radius 3 is 2.54 bits per heavy atom. The number of likely N-dealkylation sites (tertiary alicyclic amines) is 1. The number of carbonyl (C=O) groups is 1. The van der Waals surface area contributed by atoms with Gasteiger partial charge in [0.05, 0.1) is 11.7 Å². The van der Waals surface area contributed by atoms with Gasteiger partial charge in [-0.1, -0.05) is 12.1 Å². The SMILES string of the molecule is CNC1CCCN(C(C)C(=O)N2CCN(c3ccccc3O)CC2)C1.Cl. The molecule has 3 rings (SSSR count). The highest BCUT2D eigenvalue weighted by atomic mass is 35.5. The summed E-state index contributed by atoms with van der Waals surface area (Å²) in [6.45, 7) is 6.92. The van der Waals surface area contributed by atoms with Crippen molar-refractivity contribution in [2.24, 2.45) is 0 Å². The lowest BCUT2D eigenvalue weighted by molar-refractivity contribution is -0.137. The minimum atomic E-state index is -0.0622. The van der Waals surface area contributed by atoms with Gasteiger partial charge in [0.15, 0.2) is 0 Å². The zero-order valence-corrected chi connectivity index (χ0v) is 16.5. The molecule has 1 aromatic carbocycles. The van der Waals surface area contributed by atoms with Crippen LogP contribution in [0.4, 0.5) is 5.69 Å². The Morgan fingerprint density at radius 2 is 1.88 bits per heavy atom. The first kappa shape index (κ1) is 20.8. The average Bonchev–Trinajstić information content (AvgIpc) is 2.67. The van der Waals surface area contributed by atoms with Crippen molar-refractivity contribution in [2.75, 3.05) is 51.2 Å². The molecule has 7 heteroatoms. The number of para-hydroxylation sites is 2. The first-order chi connectivity index (χ1) is 12.1. The molecular weight excluding hydrogens is 352 g/mol. The highest BCUT2D eigenvalue weighted by molar-refractivity contribution is 5.85. The maximum Gasteiger partial charge on any atom is 0.239 e. The van der Waals surface area contributed by atoms with E-state index in [0.717, 1.165) is 38.3 Å². The molecule has 2 atom stereocenters. The van der Waals surface area contributed by atoms with Gasteiger partial charge in [0.25, 0.3) is 0 Å². The predicted molar refractivity (Wildman–Crippen MR) is 107 cm³/mol. The molecule has 2 aliphatic heterocycles. The van der Waals surface area contributed by atoms with Crippen LogP contribution in [-0.2, 0) is 4.79 Å². The molecule has 1 amide bonds. The number of hydrogen-bond acceptors (Lipinski definition) is 5. The number of piperidine rings is 1. The molecular formula is C19H31ClN4O2. The third kappa shape index (κ3) is 4.61. The second-order valence-electron chi connectivity index (χ2n) is 7.10. The summed E-state index contributed by atoms with van der Waals surface area (Å²) in [6.07, 6.45) is 2.33. The lowest BCUT2D eigenvalue weighted by Crippen LogP contribution is -2.57. The third-order valence-corrected chi connectivity index (χ3v) is 5.58. The van der Waals surface area contributed by atoms with Gasteiger partial charge in [-0.2, -0.15) is 0 Å². The van der Waals surface area contributed by atoms with E-state index in [4.69, 9.17) is 0 Å². The predicted octanol–water partition coefficient (Wildman–Crippen LogP) is 1.53. The van der Waals surface area contributed by atoms with Gasteiger partial charge < -0.3 is 20.2 Å². The quantitative estimate of drug-likeness (QED) is 0.827. The van der Waals surface area contributed by atoms with Crippen LogP contribution < -0.4 is 10.2 Å². The molecule has 0 radical (unpaired) electrons. The Balaban J connectivity index is 0.00000243. The van der Waals surface area contributed by atoms with E-state index in [1.807, 2.05) is 37.1 Å². The number of piperazine rings is 1. The smallest absolute Gasteiger partial charge is 0.239 e. The van der Waals surface area contributed by atoms with E-state index in [-0.39, 0.29) is 24.4 Å². The minimum Gasteiger partial charge on any atom is -0.506 e. The highest BCUT2D eigenvalue weighted by Gasteiger charge is 2.31. The molecule has 0 aromatic heterocycles. The standard InChI is InChI=1S/C19H30N4O2.ClH/c1-15(23-9-5-6-16(14-23)20-2)19(25)22-12-10-21(11-13-22)17-7-3-4-8-18(17)24;/h3-4,7-8,15-16,20,24H,5-6,9-14H2,1-2H3;1H. The second kappa shape index (κ2) is 9.44. The van der Waals surface area contributed by atoms with Crippen LogP contribution in [0.1, 0.15) is 19.8 Å². The molecule has 0 spiro atoms. The molecule has 26 heavy (non-hydrogen) atoms. The Labute approximate surface area is 162 Å². The number of nitrogens with one attached hydrogen (secondary N) is 1. The number of carbonyl (C=O) groups excluding carboxylic acids is 1. The van der Waals surface area contributed by atoms with Gasteiger partial charge in [0, 0.05) is 38.8 Å². The number of amides is 1. The topological polar surface area (TPSA) is 59.1 Å². The summed E-state index contributed by atoms with van der Waals surface area (Å²) < 4.78 is 0. The van der Waals surface area contributed by atoms with Gasteiger partial charge in [-0.05, 0) is 45.5 Å². The molecule has 2 N–H and O–H groups in total. The number of anilines is 1. The number of rotatable bonds is 4. The molecule has 2 heterocycles. The van der Waals surface area contributed by atoms with Crippen LogP contribution in [0.3, 0.4) is 0 Å². The molecule has 2 unspecified atom stereocenters. The van der Waals surface area contributed by atoms with Crippen LogP contribution in [0, 0.1) is 0 Å². The molecule has 0 aliphatic carbocycles. The van der Waals surface area contributed by atoms with Crippen molar-refractivity contribution in [1.29, 1.82) is 0 Å². The van der Waals surface area contributed by atoms with Crippen LogP contribution in [-0.4, -0.2) is 79.2 Å².